The lowest BCUT2D eigenvalue weighted by Crippen LogP contribution is -2.39. The third-order valence-corrected chi connectivity index (χ3v) is 3.09. The molecule has 4 heteroatoms. The summed E-state index contributed by atoms with van der Waals surface area (Å²) >= 11 is 0. The van der Waals surface area contributed by atoms with Gasteiger partial charge in [-0.1, -0.05) is 12.8 Å². The largest absolute Gasteiger partial charge is 0.376 e. The van der Waals surface area contributed by atoms with Crippen molar-refractivity contribution in [3.05, 3.63) is 0 Å². The number of rotatable bonds is 7. The zero-order valence-electron chi connectivity index (χ0n) is 12.1. The lowest BCUT2D eigenvalue weighted by Gasteiger charge is -2.20. The van der Waals surface area contributed by atoms with E-state index in [1.165, 1.54) is 25.7 Å². The lowest BCUT2D eigenvalue weighted by molar-refractivity contribution is -0.121. The topological polar surface area (TPSA) is 50.4 Å². The second-order valence-corrected chi connectivity index (χ2v) is 6.05. The van der Waals surface area contributed by atoms with E-state index in [4.69, 9.17) is 4.74 Å². The fourth-order valence-electron chi connectivity index (χ4n) is 2.11. The summed E-state index contributed by atoms with van der Waals surface area (Å²) in [4.78, 5) is 11.5. The van der Waals surface area contributed by atoms with Gasteiger partial charge in [0.05, 0.1) is 12.7 Å². The zero-order chi connectivity index (χ0) is 13.4. The molecule has 0 bridgehead atoms. The highest BCUT2D eigenvalue weighted by Gasteiger charge is 2.14. The van der Waals surface area contributed by atoms with Gasteiger partial charge in [-0.05, 0) is 33.6 Å². The predicted molar refractivity (Wildman–Crippen MR) is 73.6 cm³/mol. The van der Waals surface area contributed by atoms with Crippen molar-refractivity contribution < 1.29 is 9.53 Å². The van der Waals surface area contributed by atoms with Gasteiger partial charge in [-0.15, -0.1) is 0 Å². The molecule has 0 radical (unpaired) electrons. The third kappa shape index (κ3) is 7.67. The molecule has 1 rings (SSSR count). The number of nitrogens with one attached hydrogen (secondary N) is 2. The number of amides is 1. The maximum absolute atomic E-state index is 11.5. The molecule has 0 aromatic rings. The van der Waals surface area contributed by atoms with Gasteiger partial charge < -0.3 is 15.4 Å². The monoisotopic (exact) mass is 256 g/mol. The summed E-state index contributed by atoms with van der Waals surface area (Å²) in [5, 5.41) is 6.18. The van der Waals surface area contributed by atoms with Gasteiger partial charge in [0.2, 0.25) is 5.91 Å². The molecule has 0 aliphatic heterocycles. The molecule has 106 valence electrons. The van der Waals surface area contributed by atoms with Gasteiger partial charge >= 0.3 is 0 Å². The number of hydrogen-bond acceptors (Lipinski definition) is 3. The fourth-order valence-corrected chi connectivity index (χ4v) is 2.11. The Hall–Kier alpha value is -0.610. The van der Waals surface area contributed by atoms with Crippen LogP contribution in [0.15, 0.2) is 0 Å². The highest BCUT2D eigenvalue weighted by molar-refractivity contribution is 5.76. The molecule has 18 heavy (non-hydrogen) atoms. The van der Waals surface area contributed by atoms with Crippen molar-refractivity contribution in [1.82, 2.24) is 10.6 Å². The van der Waals surface area contributed by atoms with E-state index < -0.39 is 0 Å². The Morgan fingerprint density at radius 2 is 1.89 bits per heavy atom. The minimum Gasteiger partial charge on any atom is -0.376 e. The first-order valence-corrected chi connectivity index (χ1v) is 7.11. The molecule has 1 fully saturated rings. The average Bonchev–Trinajstić information content (AvgIpc) is 2.75. The van der Waals surface area contributed by atoms with E-state index in [0.717, 1.165) is 6.54 Å². The van der Waals surface area contributed by atoms with E-state index >= 15 is 0 Å². The third-order valence-electron chi connectivity index (χ3n) is 3.09. The summed E-state index contributed by atoms with van der Waals surface area (Å²) in [6, 6.07) is 0. The average molecular weight is 256 g/mol. The van der Waals surface area contributed by atoms with Gasteiger partial charge in [0, 0.05) is 25.0 Å². The molecule has 1 amide bonds. The van der Waals surface area contributed by atoms with Gasteiger partial charge in [0.15, 0.2) is 0 Å². The molecule has 2 N–H and O–H groups in total. The van der Waals surface area contributed by atoms with Crippen molar-refractivity contribution in [2.45, 2.75) is 64.5 Å². The van der Waals surface area contributed by atoms with Gasteiger partial charge in [0.1, 0.15) is 0 Å². The standard InChI is InChI=1S/C14H28N2O2/c1-14(2,3)16-9-8-13(17)15-10-11-18-12-6-4-5-7-12/h12,16H,4-11H2,1-3H3,(H,15,17). The van der Waals surface area contributed by atoms with Crippen molar-refractivity contribution in [2.24, 2.45) is 0 Å². The first-order chi connectivity index (χ1) is 8.47. The van der Waals surface area contributed by atoms with Crippen LogP contribution in [0, 0.1) is 0 Å². The molecule has 0 aromatic carbocycles. The second kappa shape index (κ2) is 7.74. The molecule has 1 saturated carbocycles. The number of carbonyl (C=O) groups excluding carboxylic acids is 1. The highest BCUT2D eigenvalue weighted by atomic mass is 16.5. The molecule has 1 aliphatic rings. The molecule has 0 aromatic heterocycles. The maximum atomic E-state index is 11.5. The Kier molecular flexibility index (Phi) is 6.65. The van der Waals surface area contributed by atoms with Crippen molar-refractivity contribution in [2.75, 3.05) is 19.7 Å². The van der Waals surface area contributed by atoms with Crippen LogP contribution in [-0.4, -0.2) is 37.2 Å². The summed E-state index contributed by atoms with van der Waals surface area (Å²) < 4.78 is 5.68. The first-order valence-electron chi connectivity index (χ1n) is 7.11. The Bertz CT molecular complexity index is 243. The Labute approximate surface area is 111 Å². The van der Waals surface area contributed by atoms with Crippen molar-refractivity contribution in [3.8, 4) is 0 Å². The number of carbonyl (C=O) groups is 1. The van der Waals surface area contributed by atoms with Crippen LogP contribution in [0.1, 0.15) is 52.9 Å². The molecule has 0 heterocycles. The van der Waals surface area contributed by atoms with Crippen molar-refractivity contribution in [3.63, 3.8) is 0 Å². The van der Waals surface area contributed by atoms with Gasteiger partial charge in [-0.25, -0.2) is 0 Å². The molecule has 4 nitrogen and oxygen atoms in total. The summed E-state index contributed by atoms with van der Waals surface area (Å²) in [6.45, 7) is 8.29. The van der Waals surface area contributed by atoms with E-state index in [9.17, 15) is 4.79 Å². The molecular weight excluding hydrogens is 228 g/mol. The minimum absolute atomic E-state index is 0.0753. The van der Waals surface area contributed by atoms with Crippen molar-refractivity contribution in [1.29, 1.82) is 0 Å². The Balaban J connectivity index is 1.93. The van der Waals surface area contributed by atoms with Gasteiger partial charge in [-0.3, -0.25) is 4.79 Å². The normalized spacial score (nSPS) is 17.1. The van der Waals surface area contributed by atoms with Gasteiger partial charge in [0.25, 0.3) is 0 Å². The second-order valence-electron chi connectivity index (χ2n) is 6.05. The number of hydrogen-bond donors (Lipinski definition) is 2. The smallest absolute Gasteiger partial charge is 0.221 e. The summed E-state index contributed by atoms with van der Waals surface area (Å²) in [5.74, 6) is 0.0989. The van der Waals surface area contributed by atoms with Gasteiger partial charge in [-0.2, -0.15) is 0 Å². The van der Waals surface area contributed by atoms with Crippen LogP contribution in [0.4, 0.5) is 0 Å². The molecule has 0 spiro atoms. The predicted octanol–water partition coefficient (Wildman–Crippen LogP) is 1.84. The van der Waals surface area contributed by atoms with Crippen LogP contribution < -0.4 is 10.6 Å². The molecule has 0 atom stereocenters. The first kappa shape index (κ1) is 15.4. The molecule has 1 aliphatic carbocycles. The van der Waals surface area contributed by atoms with Crippen LogP contribution in [-0.2, 0) is 9.53 Å². The Morgan fingerprint density at radius 1 is 1.22 bits per heavy atom. The quantitative estimate of drug-likeness (QED) is 0.683. The molecule has 0 unspecified atom stereocenters. The SMILES string of the molecule is CC(C)(C)NCCC(=O)NCCOC1CCCC1. The summed E-state index contributed by atoms with van der Waals surface area (Å²) in [7, 11) is 0. The summed E-state index contributed by atoms with van der Waals surface area (Å²) in [5.41, 5.74) is 0.0753. The lowest BCUT2D eigenvalue weighted by atomic mass is 10.1. The van der Waals surface area contributed by atoms with Crippen molar-refractivity contribution >= 4 is 5.91 Å². The minimum atomic E-state index is 0.0753. The maximum Gasteiger partial charge on any atom is 0.221 e. The van der Waals surface area contributed by atoms with Crippen LogP contribution in [0.5, 0.6) is 0 Å². The van der Waals surface area contributed by atoms with Crippen LogP contribution >= 0.6 is 0 Å². The fraction of sp³-hybridized carbons (Fsp3) is 0.929. The van der Waals surface area contributed by atoms with E-state index in [1.807, 2.05) is 0 Å². The van der Waals surface area contributed by atoms with Crippen LogP contribution in [0.25, 0.3) is 0 Å². The van der Waals surface area contributed by atoms with Crippen LogP contribution in [0.3, 0.4) is 0 Å². The molecule has 0 saturated heterocycles. The van der Waals surface area contributed by atoms with Crippen LogP contribution in [0.2, 0.25) is 0 Å². The van der Waals surface area contributed by atoms with E-state index in [0.29, 0.717) is 25.7 Å². The van der Waals surface area contributed by atoms with E-state index in [2.05, 4.69) is 31.4 Å². The summed E-state index contributed by atoms with van der Waals surface area (Å²) in [6.07, 6.45) is 5.91. The van der Waals surface area contributed by atoms with E-state index in [-0.39, 0.29) is 11.4 Å². The zero-order valence-corrected chi connectivity index (χ0v) is 12.1. The highest BCUT2D eigenvalue weighted by Crippen LogP contribution is 2.20. The molecular formula is C14H28N2O2. The van der Waals surface area contributed by atoms with E-state index in [1.54, 1.807) is 0 Å². The number of ether oxygens (including phenoxy) is 1. The Morgan fingerprint density at radius 3 is 2.50 bits per heavy atom.